The molecule has 1 aromatic rings. The lowest BCUT2D eigenvalue weighted by Gasteiger charge is -2.35. The molecule has 1 aromatic carbocycles. The van der Waals surface area contributed by atoms with Gasteiger partial charge in [-0.15, -0.1) is 0 Å². The minimum absolute atomic E-state index is 0.0217. The highest BCUT2D eigenvalue weighted by atomic mass is 32.2. The molecular weight excluding hydrogens is 324 g/mol. The molecule has 1 saturated heterocycles. The number of sulfone groups is 1. The summed E-state index contributed by atoms with van der Waals surface area (Å²) in [5.74, 6) is 0.159. The van der Waals surface area contributed by atoms with Crippen molar-refractivity contribution in [2.75, 3.05) is 19.3 Å². The number of carbonyl (C=O) groups excluding carboxylic acids is 1. The van der Waals surface area contributed by atoms with Gasteiger partial charge in [0.1, 0.15) is 0 Å². The number of hydrogen-bond acceptors (Lipinski definition) is 4. The maximum Gasteiger partial charge on any atom is 0.241 e. The summed E-state index contributed by atoms with van der Waals surface area (Å²) in [7, 11) is -3.46. The Hall–Kier alpha value is -1.40. The monoisotopic (exact) mass is 350 g/mol. The van der Waals surface area contributed by atoms with E-state index in [1.807, 2.05) is 18.2 Å². The van der Waals surface area contributed by atoms with Gasteiger partial charge >= 0.3 is 0 Å². The summed E-state index contributed by atoms with van der Waals surface area (Å²) < 4.78 is 23.5. The first-order valence-electron chi connectivity index (χ1n) is 8.68. The van der Waals surface area contributed by atoms with Crippen molar-refractivity contribution in [1.29, 1.82) is 0 Å². The van der Waals surface area contributed by atoms with Crippen LogP contribution >= 0.6 is 0 Å². The molecule has 6 heteroatoms. The molecule has 2 N–H and O–H groups in total. The van der Waals surface area contributed by atoms with Crippen LogP contribution in [-0.2, 0) is 21.1 Å². The van der Waals surface area contributed by atoms with Crippen LogP contribution in [-0.4, -0.2) is 44.5 Å². The molecule has 1 unspecified atom stereocenters. The zero-order chi connectivity index (χ0) is 17.2. The Labute approximate surface area is 144 Å². The van der Waals surface area contributed by atoms with Gasteiger partial charge in [-0.2, -0.15) is 0 Å². The molecule has 5 nitrogen and oxygen atoms in total. The number of piperidine rings is 1. The molecule has 1 amide bonds. The first-order chi connectivity index (χ1) is 11.4. The maximum atomic E-state index is 13.0. The van der Waals surface area contributed by atoms with Crippen LogP contribution in [0.4, 0.5) is 0 Å². The Kier molecular flexibility index (Phi) is 4.97. The minimum atomic E-state index is -3.46. The normalized spacial score (nSPS) is 21.9. The molecule has 0 bridgehead atoms. The van der Waals surface area contributed by atoms with Crippen molar-refractivity contribution in [1.82, 2.24) is 10.6 Å². The fourth-order valence-electron chi connectivity index (χ4n) is 3.60. The van der Waals surface area contributed by atoms with Crippen LogP contribution in [0.1, 0.15) is 31.2 Å². The second kappa shape index (κ2) is 6.84. The van der Waals surface area contributed by atoms with Gasteiger partial charge < -0.3 is 10.6 Å². The summed E-state index contributed by atoms with van der Waals surface area (Å²) in [4.78, 5) is 13.0. The van der Waals surface area contributed by atoms with Crippen LogP contribution in [0.3, 0.4) is 0 Å². The van der Waals surface area contributed by atoms with Gasteiger partial charge in [-0.3, -0.25) is 4.79 Å². The molecule has 3 rings (SSSR count). The molecule has 0 aromatic heterocycles. The average molecular weight is 350 g/mol. The van der Waals surface area contributed by atoms with E-state index in [1.165, 1.54) is 11.8 Å². The highest BCUT2D eigenvalue weighted by Crippen LogP contribution is 2.35. The Bertz CT molecular complexity index is 677. The third kappa shape index (κ3) is 3.64. The van der Waals surface area contributed by atoms with Crippen molar-refractivity contribution in [2.24, 2.45) is 5.92 Å². The van der Waals surface area contributed by atoms with Gasteiger partial charge in [0.25, 0.3) is 0 Å². The smallest absolute Gasteiger partial charge is 0.241 e. The molecule has 1 heterocycles. The fourth-order valence-corrected chi connectivity index (χ4v) is 4.94. The Morgan fingerprint density at radius 1 is 1.25 bits per heavy atom. The first kappa shape index (κ1) is 17.4. The SMILES string of the molecule is CS(=O)(=O)C1(C(=O)NC(Cc2ccccc2)C2CC2)CCNCC1. The third-order valence-electron chi connectivity index (χ3n) is 5.34. The van der Waals surface area contributed by atoms with Gasteiger partial charge in [0.15, 0.2) is 14.6 Å². The van der Waals surface area contributed by atoms with Gasteiger partial charge in [0.2, 0.25) is 5.91 Å². The molecule has 0 radical (unpaired) electrons. The largest absolute Gasteiger partial charge is 0.351 e. The highest BCUT2D eigenvalue weighted by molar-refractivity contribution is 7.92. The average Bonchev–Trinajstić information content (AvgIpc) is 3.39. The van der Waals surface area contributed by atoms with E-state index in [2.05, 4.69) is 22.8 Å². The molecule has 2 fully saturated rings. The summed E-state index contributed by atoms with van der Waals surface area (Å²) in [6, 6.07) is 10.1. The Morgan fingerprint density at radius 2 is 1.88 bits per heavy atom. The first-order valence-corrected chi connectivity index (χ1v) is 10.6. The van der Waals surface area contributed by atoms with E-state index in [0.717, 1.165) is 19.3 Å². The molecule has 24 heavy (non-hydrogen) atoms. The Balaban J connectivity index is 1.77. The number of carbonyl (C=O) groups is 1. The van der Waals surface area contributed by atoms with Crippen molar-refractivity contribution in [3.63, 3.8) is 0 Å². The number of rotatable bonds is 6. The number of hydrogen-bond donors (Lipinski definition) is 2. The summed E-state index contributed by atoms with van der Waals surface area (Å²) >= 11 is 0. The van der Waals surface area contributed by atoms with Crippen molar-refractivity contribution in [3.05, 3.63) is 35.9 Å². The van der Waals surface area contributed by atoms with Crippen molar-refractivity contribution >= 4 is 15.7 Å². The second-order valence-corrected chi connectivity index (χ2v) is 9.45. The van der Waals surface area contributed by atoms with Crippen LogP contribution in [0.5, 0.6) is 0 Å². The van der Waals surface area contributed by atoms with Crippen LogP contribution in [0.15, 0.2) is 30.3 Å². The molecule has 132 valence electrons. The van der Waals surface area contributed by atoms with E-state index in [0.29, 0.717) is 31.8 Å². The van der Waals surface area contributed by atoms with Gasteiger partial charge in [0.05, 0.1) is 0 Å². The molecule has 1 saturated carbocycles. The van der Waals surface area contributed by atoms with Gasteiger partial charge in [-0.25, -0.2) is 8.42 Å². The summed E-state index contributed by atoms with van der Waals surface area (Å²) in [6.45, 7) is 1.13. The fraction of sp³-hybridized carbons (Fsp3) is 0.611. The molecule has 0 spiro atoms. The zero-order valence-electron chi connectivity index (χ0n) is 14.1. The topological polar surface area (TPSA) is 75.3 Å². The molecular formula is C18H26N2O3S. The second-order valence-electron chi connectivity index (χ2n) is 7.12. The lowest BCUT2D eigenvalue weighted by atomic mass is 9.94. The zero-order valence-corrected chi connectivity index (χ0v) is 14.9. The van der Waals surface area contributed by atoms with Crippen molar-refractivity contribution in [2.45, 2.75) is 42.9 Å². The number of nitrogens with one attached hydrogen (secondary N) is 2. The van der Waals surface area contributed by atoms with Crippen LogP contribution in [0.25, 0.3) is 0 Å². The standard InChI is InChI=1S/C18H26N2O3S/c1-24(22,23)18(9-11-19-12-10-18)17(21)20-16(15-7-8-15)13-14-5-3-2-4-6-14/h2-6,15-16,19H,7-13H2,1H3,(H,20,21). The molecule has 1 aliphatic carbocycles. The van der Waals surface area contributed by atoms with Crippen LogP contribution in [0, 0.1) is 5.92 Å². The van der Waals surface area contributed by atoms with Gasteiger partial charge in [0, 0.05) is 12.3 Å². The van der Waals surface area contributed by atoms with Gasteiger partial charge in [-0.1, -0.05) is 30.3 Å². The Morgan fingerprint density at radius 3 is 2.42 bits per heavy atom. The van der Waals surface area contributed by atoms with E-state index in [9.17, 15) is 13.2 Å². The maximum absolute atomic E-state index is 13.0. The predicted molar refractivity (Wildman–Crippen MR) is 94.5 cm³/mol. The van der Waals surface area contributed by atoms with E-state index >= 15 is 0 Å². The quantitative estimate of drug-likeness (QED) is 0.811. The summed E-state index contributed by atoms with van der Waals surface area (Å²) in [6.07, 6.45) is 4.85. The van der Waals surface area contributed by atoms with E-state index < -0.39 is 14.6 Å². The minimum Gasteiger partial charge on any atom is -0.351 e. The summed E-state index contributed by atoms with van der Waals surface area (Å²) in [5, 5.41) is 6.25. The highest BCUT2D eigenvalue weighted by Gasteiger charge is 2.49. The van der Waals surface area contributed by atoms with Crippen LogP contribution < -0.4 is 10.6 Å². The van der Waals surface area contributed by atoms with Gasteiger partial charge in [-0.05, 0) is 56.7 Å². The lowest BCUT2D eigenvalue weighted by molar-refractivity contribution is -0.125. The van der Waals surface area contributed by atoms with Crippen molar-refractivity contribution in [3.8, 4) is 0 Å². The lowest BCUT2D eigenvalue weighted by Crippen LogP contribution is -2.59. The van der Waals surface area contributed by atoms with Crippen LogP contribution in [0.2, 0.25) is 0 Å². The van der Waals surface area contributed by atoms with E-state index in [1.54, 1.807) is 0 Å². The summed E-state index contributed by atoms with van der Waals surface area (Å²) in [5.41, 5.74) is 1.17. The number of benzene rings is 1. The molecule has 1 aliphatic heterocycles. The number of amides is 1. The van der Waals surface area contributed by atoms with E-state index in [4.69, 9.17) is 0 Å². The molecule has 2 aliphatic rings. The van der Waals surface area contributed by atoms with E-state index in [-0.39, 0.29) is 11.9 Å². The van der Waals surface area contributed by atoms with Crippen molar-refractivity contribution < 1.29 is 13.2 Å². The third-order valence-corrected chi connectivity index (χ3v) is 7.35. The predicted octanol–water partition coefficient (Wildman–Crippen LogP) is 1.29. The molecule has 1 atom stereocenters.